The van der Waals surface area contributed by atoms with Crippen LogP contribution in [0.5, 0.6) is 0 Å². The van der Waals surface area contributed by atoms with Crippen LogP contribution in [0.3, 0.4) is 0 Å². The molecule has 0 saturated carbocycles. The molecule has 0 aromatic rings. The Hall–Kier alpha value is 0. The Morgan fingerprint density at radius 2 is 1.33 bits per heavy atom. The van der Waals surface area contributed by atoms with E-state index in [9.17, 15) is 0 Å². The van der Waals surface area contributed by atoms with Gasteiger partial charge in [0.1, 0.15) is 0 Å². The average Bonchev–Trinajstić information content (AvgIpc) is 1.91. The Bertz CT molecular complexity index is 19.2. The molecular formula is C9H21. The molecule has 0 bridgehead atoms. The monoisotopic (exact) mass is 129 g/mol. The molecule has 0 saturated heterocycles. The zero-order valence-electron chi connectivity index (χ0n) is 7.41. The van der Waals surface area contributed by atoms with Gasteiger partial charge in [0.2, 0.25) is 0 Å². The van der Waals surface area contributed by atoms with Gasteiger partial charge in [0, 0.05) is 0 Å². The highest BCUT2D eigenvalue weighted by Crippen LogP contribution is 1.88. The molecule has 0 aliphatic carbocycles. The molecule has 0 unspecified atom stereocenters. The van der Waals surface area contributed by atoms with E-state index in [2.05, 4.69) is 34.1 Å². The van der Waals surface area contributed by atoms with Crippen LogP contribution < -0.4 is 0 Å². The molecule has 0 rings (SSSR count). The maximum atomic E-state index is 2.21. The van der Waals surface area contributed by atoms with Crippen molar-refractivity contribution in [3.63, 3.8) is 0 Å². The minimum atomic E-state index is 1.19. The zero-order valence-corrected chi connectivity index (χ0v) is 7.41. The van der Waals surface area contributed by atoms with E-state index in [0.29, 0.717) is 0 Å². The minimum absolute atomic E-state index is 1.19. The van der Waals surface area contributed by atoms with E-state index in [1.807, 2.05) is 0 Å². The van der Waals surface area contributed by atoms with Gasteiger partial charge in [-0.3, -0.25) is 0 Å². The van der Waals surface area contributed by atoms with Crippen molar-refractivity contribution in [1.82, 2.24) is 0 Å². The molecule has 0 atom stereocenters. The topological polar surface area (TPSA) is 0 Å². The first-order valence-corrected chi connectivity index (χ1v) is 4.11. The lowest BCUT2D eigenvalue weighted by molar-refractivity contribution is 0.772. The normalized spacial score (nSPS) is 8.00. The molecule has 0 aliphatic heterocycles. The van der Waals surface area contributed by atoms with Crippen LogP contribution in [0.25, 0.3) is 0 Å². The fourth-order valence-electron chi connectivity index (χ4n) is 0.354. The van der Waals surface area contributed by atoms with Crippen LogP contribution in [0.1, 0.15) is 53.4 Å². The lowest BCUT2D eigenvalue weighted by atomic mass is 10.3. The van der Waals surface area contributed by atoms with Crippen molar-refractivity contribution in [3.8, 4) is 0 Å². The molecular weight excluding hydrogens is 108 g/mol. The average molecular weight is 129 g/mol. The van der Waals surface area contributed by atoms with Gasteiger partial charge in [0.25, 0.3) is 0 Å². The van der Waals surface area contributed by atoms with E-state index < -0.39 is 0 Å². The zero-order chi connectivity index (χ0) is 7.54. The van der Waals surface area contributed by atoms with Crippen molar-refractivity contribution in [2.24, 2.45) is 0 Å². The highest BCUT2D eigenvalue weighted by atomic mass is 13.7. The number of hydrogen-bond acceptors (Lipinski definition) is 0. The van der Waals surface area contributed by atoms with E-state index in [4.69, 9.17) is 0 Å². The molecule has 0 heteroatoms. The van der Waals surface area contributed by atoms with Gasteiger partial charge in [-0.05, 0) is 6.42 Å². The first kappa shape index (κ1) is 11.8. The van der Waals surface area contributed by atoms with Gasteiger partial charge in [0.15, 0.2) is 0 Å². The predicted octanol–water partition coefficient (Wildman–Crippen LogP) is 3.82. The first-order valence-electron chi connectivity index (χ1n) is 4.11. The summed E-state index contributed by atoms with van der Waals surface area (Å²) < 4.78 is 0. The summed E-state index contributed by atoms with van der Waals surface area (Å²) in [5.74, 6) is 0. The minimum Gasteiger partial charge on any atom is -0.0654 e. The van der Waals surface area contributed by atoms with Crippen LogP contribution >= 0.6 is 0 Å². The van der Waals surface area contributed by atoms with E-state index in [1.165, 1.54) is 25.7 Å². The van der Waals surface area contributed by atoms with Gasteiger partial charge in [-0.2, -0.15) is 0 Å². The van der Waals surface area contributed by atoms with Gasteiger partial charge < -0.3 is 0 Å². The van der Waals surface area contributed by atoms with Crippen LogP contribution in [0.4, 0.5) is 0 Å². The maximum Gasteiger partial charge on any atom is -0.0420 e. The van der Waals surface area contributed by atoms with Crippen molar-refractivity contribution in [1.29, 1.82) is 0 Å². The van der Waals surface area contributed by atoms with Gasteiger partial charge in [-0.25, -0.2) is 0 Å². The second-order valence-electron chi connectivity index (χ2n) is 2.17. The summed E-state index contributed by atoms with van der Waals surface area (Å²) in [4.78, 5) is 0. The summed E-state index contributed by atoms with van der Waals surface area (Å²) in [6.07, 6.45) is 7.40. The summed E-state index contributed by atoms with van der Waals surface area (Å²) in [5, 5.41) is 0. The molecule has 0 nitrogen and oxygen atoms in total. The largest absolute Gasteiger partial charge is 0.0654 e. The molecule has 0 aliphatic rings. The Morgan fingerprint density at radius 1 is 1.00 bits per heavy atom. The maximum absolute atomic E-state index is 2.21. The van der Waals surface area contributed by atoms with Gasteiger partial charge in [0.05, 0.1) is 0 Å². The quantitative estimate of drug-likeness (QED) is 0.543. The lowest BCUT2D eigenvalue weighted by Gasteiger charge is -1.79. The van der Waals surface area contributed by atoms with Crippen molar-refractivity contribution in [2.75, 3.05) is 0 Å². The number of unbranched alkanes of at least 4 members (excludes halogenated alkanes) is 3. The third-order valence-electron chi connectivity index (χ3n) is 1.12. The van der Waals surface area contributed by atoms with E-state index in [1.54, 1.807) is 0 Å². The van der Waals surface area contributed by atoms with Gasteiger partial charge >= 0.3 is 0 Å². The van der Waals surface area contributed by atoms with Crippen molar-refractivity contribution >= 4 is 0 Å². The van der Waals surface area contributed by atoms with Gasteiger partial charge in [-0.1, -0.05) is 53.4 Å². The fraction of sp³-hybridized carbons (Fsp3) is 0.889. The van der Waals surface area contributed by atoms with Crippen molar-refractivity contribution in [3.05, 3.63) is 6.42 Å². The third-order valence-corrected chi connectivity index (χ3v) is 1.12. The van der Waals surface area contributed by atoms with Crippen LogP contribution in [0, 0.1) is 6.42 Å². The van der Waals surface area contributed by atoms with Crippen LogP contribution in [0.2, 0.25) is 0 Å². The van der Waals surface area contributed by atoms with Crippen molar-refractivity contribution < 1.29 is 0 Å². The lowest BCUT2D eigenvalue weighted by Crippen LogP contribution is -1.59. The van der Waals surface area contributed by atoms with E-state index >= 15 is 0 Å². The Labute approximate surface area is 60.7 Å². The molecule has 0 N–H and O–H groups in total. The Morgan fingerprint density at radius 3 is 1.33 bits per heavy atom. The standard InChI is InChI=1S/C5H12.C4H9/c1-3-5-4-2;1-3-4-2/h3-5H2,1-2H3;3H,4H2,1-2H3. The SMILES string of the molecule is CCCCC.C[CH]CC. The summed E-state index contributed by atoms with van der Waals surface area (Å²) in [5.41, 5.74) is 0. The fourth-order valence-corrected chi connectivity index (χ4v) is 0.354. The molecule has 0 amide bonds. The van der Waals surface area contributed by atoms with Crippen molar-refractivity contribution in [2.45, 2.75) is 53.4 Å². The van der Waals surface area contributed by atoms with Crippen LogP contribution in [0.15, 0.2) is 0 Å². The highest BCUT2D eigenvalue weighted by molar-refractivity contribution is 4.45. The van der Waals surface area contributed by atoms with Gasteiger partial charge in [-0.15, -0.1) is 0 Å². The van der Waals surface area contributed by atoms with Crippen LogP contribution in [-0.2, 0) is 0 Å². The first-order chi connectivity index (χ1) is 4.33. The smallest absolute Gasteiger partial charge is 0.0420 e. The predicted molar refractivity (Wildman–Crippen MR) is 45.5 cm³/mol. The molecule has 0 fully saturated rings. The summed E-state index contributed by atoms with van der Waals surface area (Å²) >= 11 is 0. The second kappa shape index (κ2) is 15.7. The molecule has 0 aromatic heterocycles. The highest BCUT2D eigenvalue weighted by Gasteiger charge is 1.68. The number of hydrogen-bond donors (Lipinski definition) is 0. The molecule has 0 spiro atoms. The summed E-state index contributed by atoms with van der Waals surface area (Å²) in [6.45, 7) is 8.60. The molecule has 0 heterocycles. The summed E-state index contributed by atoms with van der Waals surface area (Å²) in [6, 6.07) is 0. The Kier molecular flexibility index (Phi) is 20.5. The van der Waals surface area contributed by atoms with E-state index in [0.717, 1.165) is 0 Å². The van der Waals surface area contributed by atoms with E-state index in [-0.39, 0.29) is 0 Å². The molecule has 0 aromatic carbocycles. The summed E-state index contributed by atoms with van der Waals surface area (Å²) in [7, 11) is 0. The molecule has 9 heavy (non-hydrogen) atoms. The molecule has 57 valence electrons. The Balaban J connectivity index is 0. The number of rotatable bonds is 3. The third kappa shape index (κ3) is 32.0. The second-order valence-corrected chi connectivity index (χ2v) is 2.17. The van der Waals surface area contributed by atoms with Crippen LogP contribution in [-0.4, -0.2) is 0 Å². The molecule has 1 radical (unpaired) electrons.